The van der Waals surface area contributed by atoms with E-state index in [1.54, 1.807) is 0 Å². The van der Waals surface area contributed by atoms with Crippen LogP contribution in [0.4, 0.5) is 10.6 Å². The average Bonchev–Trinajstić information content (AvgIpc) is 2.97. The minimum absolute atomic E-state index is 0.141. The van der Waals surface area contributed by atoms with Crippen LogP contribution in [-0.4, -0.2) is 24.2 Å². The number of nitriles is 1. The van der Waals surface area contributed by atoms with Gasteiger partial charge in [0, 0.05) is 18.5 Å². The second-order valence-corrected chi connectivity index (χ2v) is 8.37. The first kappa shape index (κ1) is 18.8. The Morgan fingerprint density at radius 3 is 2.79 bits per heavy atom. The third-order valence-electron chi connectivity index (χ3n) is 5.98. The van der Waals surface area contributed by atoms with Gasteiger partial charge >= 0.3 is 6.09 Å². The molecule has 1 atom stereocenters. The highest BCUT2D eigenvalue weighted by Crippen LogP contribution is 2.54. The lowest BCUT2D eigenvalue weighted by Gasteiger charge is -2.43. The van der Waals surface area contributed by atoms with E-state index in [-0.39, 0.29) is 11.5 Å². The van der Waals surface area contributed by atoms with Gasteiger partial charge in [-0.3, -0.25) is 0 Å². The highest BCUT2D eigenvalue weighted by atomic mass is 79.9. The van der Waals surface area contributed by atoms with Crippen LogP contribution in [0.15, 0.2) is 34.8 Å². The molecule has 6 nitrogen and oxygen atoms in total. The lowest BCUT2D eigenvalue weighted by atomic mass is 9.74. The number of carbonyl (C=O) groups is 1. The maximum Gasteiger partial charge on any atom is 0.405 e. The average molecular weight is 441 g/mol. The summed E-state index contributed by atoms with van der Waals surface area (Å²) in [7, 11) is 0. The van der Waals surface area contributed by atoms with E-state index < -0.39 is 6.09 Å². The summed E-state index contributed by atoms with van der Waals surface area (Å²) in [5.74, 6) is 0.815. The Morgan fingerprint density at radius 1 is 1.39 bits per heavy atom. The number of aryl methyl sites for hydroxylation is 1. The highest BCUT2D eigenvalue weighted by molar-refractivity contribution is 9.10. The largest absolute Gasteiger partial charge is 0.441 e. The maximum absolute atomic E-state index is 11.6. The minimum atomic E-state index is -0.729. The van der Waals surface area contributed by atoms with Crippen LogP contribution in [-0.2, 0) is 11.2 Å². The standard InChI is InChI=1S/C21H21BrN4O2/c1-13-18(22)15(12-23)10-17(25-13)26-8-6-21(7-9-26)11-14-4-2-3-5-16(14)19(21)28-20(24)27/h2-5,10,19H,6-9,11H2,1H3,(H2,24,27)/t19-/m1/s1. The molecule has 1 spiro atoms. The van der Waals surface area contributed by atoms with E-state index in [2.05, 4.69) is 37.9 Å². The lowest BCUT2D eigenvalue weighted by Crippen LogP contribution is -2.44. The molecule has 2 aromatic rings. The van der Waals surface area contributed by atoms with Gasteiger partial charge in [-0.05, 0) is 59.3 Å². The van der Waals surface area contributed by atoms with Gasteiger partial charge in [-0.15, -0.1) is 0 Å². The molecule has 1 amide bonds. The molecule has 1 aliphatic heterocycles. The maximum atomic E-state index is 11.6. The molecule has 1 aliphatic carbocycles. The van der Waals surface area contributed by atoms with E-state index in [0.29, 0.717) is 5.56 Å². The summed E-state index contributed by atoms with van der Waals surface area (Å²) in [6, 6.07) is 12.2. The number of primary amides is 1. The molecule has 144 valence electrons. The number of fused-ring (bicyclic) bond motifs is 1. The summed E-state index contributed by atoms with van der Waals surface area (Å²) >= 11 is 3.43. The lowest BCUT2D eigenvalue weighted by molar-refractivity contribution is 0.00417. The van der Waals surface area contributed by atoms with Gasteiger partial charge in [0.25, 0.3) is 0 Å². The SMILES string of the molecule is Cc1nc(N2CCC3(CC2)Cc2ccccc2[C@H]3OC(N)=O)cc(C#N)c1Br. The normalized spacial score (nSPS) is 19.9. The number of rotatable bonds is 2. The van der Waals surface area contributed by atoms with E-state index >= 15 is 0 Å². The van der Waals surface area contributed by atoms with Crippen molar-refractivity contribution in [1.82, 2.24) is 4.98 Å². The van der Waals surface area contributed by atoms with E-state index in [9.17, 15) is 10.1 Å². The van der Waals surface area contributed by atoms with Crippen LogP contribution in [0, 0.1) is 23.7 Å². The Labute approximate surface area is 172 Å². The van der Waals surface area contributed by atoms with Crippen LogP contribution < -0.4 is 10.6 Å². The van der Waals surface area contributed by atoms with Crippen molar-refractivity contribution in [3.05, 3.63) is 57.2 Å². The second-order valence-electron chi connectivity index (χ2n) is 7.58. The summed E-state index contributed by atoms with van der Waals surface area (Å²) in [6.45, 7) is 3.46. The summed E-state index contributed by atoms with van der Waals surface area (Å²) in [5.41, 5.74) is 8.93. The molecule has 0 radical (unpaired) electrons. The molecule has 28 heavy (non-hydrogen) atoms. The molecule has 2 aliphatic rings. The Hall–Kier alpha value is -2.59. The first-order valence-electron chi connectivity index (χ1n) is 9.29. The predicted molar refractivity (Wildman–Crippen MR) is 109 cm³/mol. The van der Waals surface area contributed by atoms with Crippen molar-refractivity contribution in [1.29, 1.82) is 5.26 Å². The molecule has 0 saturated carbocycles. The molecule has 1 aromatic heterocycles. The Bertz CT molecular complexity index is 977. The van der Waals surface area contributed by atoms with Crippen molar-refractivity contribution in [3.63, 3.8) is 0 Å². The third-order valence-corrected chi connectivity index (χ3v) is 6.98. The number of benzene rings is 1. The molecule has 1 aromatic carbocycles. The summed E-state index contributed by atoms with van der Waals surface area (Å²) in [6.07, 6.45) is 1.56. The van der Waals surface area contributed by atoms with Crippen molar-refractivity contribution in [2.75, 3.05) is 18.0 Å². The number of piperidine rings is 1. The van der Waals surface area contributed by atoms with Gasteiger partial charge < -0.3 is 15.4 Å². The Balaban J connectivity index is 1.59. The Morgan fingerprint density at radius 2 is 2.11 bits per heavy atom. The zero-order valence-electron chi connectivity index (χ0n) is 15.6. The number of hydrogen-bond acceptors (Lipinski definition) is 5. The monoisotopic (exact) mass is 440 g/mol. The molecular formula is C21H21BrN4O2. The van der Waals surface area contributed by atoms with Gasteiger partial charge in [-0.2, -0.15) is 5.26 Å². The van der Waals surface area contributed by atoms with Gasteiger partial charge in [-0.1, -0.05) is 24.3 Å². The van der Waals surface area contributed by atoms with E-state index in [1.165, 1.54) is 5.56 Å². The number of nitrogens with zero attached hydrogens (tertiary/aromatic N) is 3. The van der Waals surface area contributed by atoms with Crippen molar-refractivity contribution in [2.24, 2.45) is 11.1 Å². The van der Waals surface area contributed by atoms with E-state index in [0.717, 1.165) is 53.9 Å². The topological polar surface area (TPSA) is 92.2 Å². The molecule has 0 bridgehead atoms. The van der Waals surface area contributed by atoms with Gasteiger partial charge in [0.2, 0.25) is 0 Å². The predicted octanol–water partition coefficient (Wildman–Crippen LogP) is 4.00. The second kappa shape index (κ2) is 7.10. The highest BCUT2D eigenvalue weighted by Gasteiger charge is 2.49. The quantitative estimate of drug-likeness (QED) is 0.761. The zero-order valence-corrected chi connectivity index (χ0v) is 17.2. The number of nitrogens with two attached hydrogens (primary N) is 1. The van der Waals surface area contributed by atoms with Crippen molar-refractivity contribution < 1.29 is 9.53 Å². The third kappa shape index (κ3) is 3.12. The van der Waals surface area contributed by atoms with Crippen molar-refractivity contribution in [2.45, 2.75) is 32.3 Å². The molecule has 2 N–H and O–H groups in total. The van der Waals surface area contributed by atoms with Gasteiger partial charge in [0.1, 0.15) is 18.0 Å². The minimum Gasteiger partial charge on any atom is -0.441 e. The number of pyridine rings is 1. The molecule has 2 heterocycles. The number of amides is 1. The molecule has 1 fully saturated rings. The fourth-order valence-corrected chi connectivity index (χ4v) is 4.85. The number of ether oxygens (including phenoxy) is 1. The number of carbonyl (C=O) groups excluding carboxylic acids is 1. The van der Waals surface area contributed by atoms with Crippen LogP contribution >= 0.6 is 15.9 Å². The van der Waals surface area contributed by atoms with Crippen LogP contribution in [0.3, 0.4) is 0 Å². The molecular weight excluding hydrogens is 420 g/mol. The van der Waals surface area contributed by atoms with E-state index in [4.69, 9.17) is 10.5 Å². The number of aromatic nitrogens is 1. The number of hydrogen-bond donors (Lipinski definition) is 1. The van der Waals surface area contributed by atoms with Crippen LogP contribution in [0.5, 0.6) is 0 Å². The summed E-state index contributed by atoms with van der Waals surface area (Å²) in [4.78, 5) is 18.4. The smallest absolute Gasteiger partial charge is 0.405 e. The van der Waals surface area contributed by atoms with Crippen LogP contribution in [0.1, 0.15) is 41.3 Å². The number of anilines is 1. The molecule has 4 rings (SSSR count). The van der Waals surface area contributed by atoms with Gasteiger partial charge in [0.15, 0.2) is 0 Å². The van der Waals surface area contributed by atoms with E-state index in [1.807, 2.05) is 31.2 Å². The first-order chi connectivity index (χ1) is 13.4. The number of halogens is 1. The Kier molecular flexibility index (Phi) is 4.76. The fraction of sp³-hybridized carbons (Fsp3) is 0.381. The first-order valence-corrected chi connectivity index (χ1v) is 10.1. The molecule has 1 saturated heterocycles. The van der Waals surface area contributed by atoms with Gasteiger partial charge in [-0.25, -0.2) is 9.78 Å². The van der Waals surface area contributed by atoms with Gasteiger partial charge in [0.05, 0.1) is 15.7 Å². The molecule has 7 heteroatoms. The fourth-order valence-electron chi connectivity index (χ4n) is 4.56. The van der Waals surface area contributed by atoms with Crippen LogP contribution in [0.2, 0.25) is 0 Å². The van der Waals surface area contributed by atoms with Crippen molar-refractivity contribution >= 4 is 27.8 Å². The molecule has 0 unspecified atom stereocenters. The summed E-state index contributed by atoms with van der Waals surface area (Å²) < 4.78 is 6.34. The van der Waals surface area contributed by atoms with Crippen LogP contribution in [0.25, 0.3) is 0 Å². The van der Waals surface area contributed by atoms with Crippen molar-refractivity contribution in [3.8, 4) is 6.07 Å². The summed E-state index contributed by atoms with van der Waals surface area (Å²) in [5, 5.41) is 9.37. The zero-order chi connectivity index (χ0) is 19.9.